The molecule has 2 N–H and O–H groups in total. The van der Waals surface area contributed by atoms with E-state index >= 15 is 0 Å². The number of carbonyl (C=O) groups excluding carboxylic acids is 2. The van der Waals surface area contributed by atoms with E-state index in [1.54, 1.807) is 13.8 Å². The first kappa shape index (κ1) is 21.5. The molecule has 2 rings (SSSR count). The molecule has 8 nitrogen and oxygen atoms in total. The third-order valence-electron chi connectivity index (χ3n) is 3.81. The molecule has 2 aromatic rings. The molecule has 0 fully saturated rings. The first-order valence-electron chi connectivity index (χ1n) is 8.76. The minimum atomic E-state index is -3.54. The van der Waals surface area contributed by atoms with Crippen molar-refractivity contribution in [3.05, 3.63) is 65.0 Å². The van der Waals surface area contributed by atoms with Crippen LogP contribution in [0.15, 0.2) is 42.5 Å². The zero-order valence-electron chi connectivity index (χ0n) is 15.8. The van der Waals surface area contributed by atoms with E-state index in [4.69, 9.17) is 4.74 Å². The number of hydrogen-bond acceptors (Lipinski definition) is 6. The van der Waals surface area contributed by atoms with Gasteiger partial charge in [-0.2, -0.15) is 0 Å². The number of amides is 1. The minimum Gasteiger partial charge on any atom is -0.462 e. The molecule has 1 aromatic heterocycles. The van der Waals surface area contributed by atoms with Gasteiger partial charge in [0.05, 0.1) is 23.6 Å². The highest BCUT2D eigenvalue weighted by Gasteiger charge is 2.16. The van der Waals surface area contributed by atoms with E-state index in [-0.39, 0.29) is 36.7 Å². The number of pyridine rings is 1. The summed E-state index contributed by atoms with van der Waals surface area (Å²) in [5.74, 6) is -1.28. The maximum Gasteiger partial charge on any atom is 0.339 e. The van der Waals surface area contributed by atoms with Crippen LogP contribution >= 0.6 is 0 Å². The van der Waals surface area contributed by atoms with Gasteiger partial charge < -0.3 is 10.1 Å². The molecule has 9 heteroatoms. The van der Waals surface area contributed by atoms with E-state index in [1.165, 1.54) is 12.1 Å². The summed E-state index contributed by atoms with van der Waals surface area (Å²) in [7, 11) is -3.54. The zero-order chi connectivity index (χ0) is 20.6. The molecule has 0 saturated heterocycles. The highest BCUT2D eigenvalue weighted by molar-refractivity contribution is 7.89. The Hall–Kier alpha value is -2.78. The Balaban J connectivity index is 1.86. The van der Waals surface area contributed by atoms with E-state index in [9.17, 15) is 18.0 Å². The van der Waals surface area contributed by atoms with Gasteiger partial charge in [-0.1, -0.05) is 30.3 Å². The Morgan fingerprint density at radius 3 is 2.46 bits per heavy atom. The standard InChI is InChI=1S/C19H23N3O5S/c1-3-27-19(24)16-9-10-17(22-14(16)2)18(23)20-11-12-28(25,26)21-13-15-7-5-4-6-8-15/h4-10,21H,3,11-13H2,1-2H3,(H,20,23). The average molecular weight is 405 g/mol. The average Bonchev–Trinajstić information content (AvgIpc) is 2.67. The molecule has 0 aliphatic rings. The number of ether oxygens (including phenoxy) is 1. The molecule has 1 heterocycles. The van der Waals surface area contributed by atoms with E-state index in [2.05, 4.69) is 15.0 Å². The zero-order valence-corrected chi connectivity index (χ0v) is 16.6. The van der Waals surface area contributed by atoms with E-state index in [1.807, 2.05) is 30.3 Å². The summed E-state index contributed by atoms with van der Waals surface area (Å²) in [5, 5.41) is 2.52. The number of rotatable bonds is 9. The summed E-state index contributed by atoms with van der Waals surface area (Å²) in [6, 6.07) is 12.0. The number of nitrogens with one attached hydrogen (secondary N) is 2. The summed E-state index contributed by atoms with van der Waals surface area (Å²) in [5.41, 5.74) is 1.59. The Morgan fingerprint density at radius 2 is 1.82 bits per heavy atom. The maximum absolute atomic E-state index is 12.2. The molecule has 0 bridgehead atoms. The second-order valence-corrected chi connectivity index (χ2v) is 7.86. The van der Waals surface area contributed by atoms with Gasteiger partial charge in [-0.25, -0.2) is 22.9 Å². The maximum atomic E-state index is 12.2. The Labute approximate surface area is 164 Å². The predicted molar refractivity (Wildman–Crippen MR) is 104 cm³/mol. The molecule has 0 atom stereocenters. The first-order chi connectivity index (χ1) is 13.3. The molecule has 0 aliphatic heterocycles. The number of benzene rings is 1. The minimum absolute atomic E-state index is 0.0662. The van der Waals surface area contributed by atoms with Gasteiger partial charge in [0.25, 0.3) is 5.91 Å². The summed E-state index contributed by atoms with van der Waals surface area (Å²) in [6.45, 7) is 3.66. The second-order valence-electron chi connectivity index (χ2n) is 5.93. The SMILES string of the molecule is CCOC(=O)c1ccc(C(=O)NCCS(=O)(=O)NCc2ccccc2)nc1C. The van der Waals surface area contributed by atoms with Crippen LogP contribution in [0.25, 0.3) is 0 Å². The first-order valence-corrected chi connectivity index (χ1v) is 10.4. The van der Waals surface area contributed by atoms with Crippen LogP contribution in [0.5, 0.6) is 0 Å². The fourth-order valence-electron chi connectivity index (χ4n) is 2.36. The number of carbonyl (C=O) groups is 2. The molecule has 1 amide bonds. The van der Waals surface area contributed by atoms with Crippen LogP contribution in [0.4, 0.5) is 0 Å². The van der Waals surface area contributed by atoms with Crippen LogP contribution < -0.4 is 10.0 Å². The van der Waals surface area contributed by atoms with Gasteiger partial charge in [-0.3, -0.25) is 4.79 Å². The van der Waals surface area contributed by atoms with Crippen LogP contribution in [0.3, 0.4) is 0 Å². The van der Waals surface area contributed by atoms with Crippen LogP contribution in [0.1, 0.15) is 39.0 Å². The van der Waals surface area contributed by atoms with Crippen molar-refractivity contribution in [1.82, 2.24) is 15.0 Å². The number of hydrogen-bond donors (Lipinski definition) is 2. The fourth-order valence-corrected chi connectivity index (χ4v) is 3.26. The molecule has 0 saturated carbocycles. The van der Waals surface area contributed by atoms with Gasteiger partial charge in [-0.05, 0) is 31.5 Å². The van der Waals surface area contributed by atoms with E-state index in [0.717, 1.165) is 5.56 Å². The lowest BCUT2D eigenvalue weighted by Gasteiger charge is -2.09. The normalized spacial score (nSPS) is 11.1. The Morgan fingerprint density at radius 1 is 1.11 bits per heavy atom. The van der Waals surface area contributed by atoms with Crippen LogP contribution in [-0.2, 0) is 21.3 Å². The fraction of sp³-hybridized carbons (Fsp3) is 0.316. The van der Waals surface area contributed by atoms with Crippen molar-refractivity contribution >= 4 is 21.9 Å². The smallest absolute Gasteiger partial charge is 0.339 e. The molecule has 1 aromatic carbocycles. The third-order valence-corrected chi connectivity index (χ3v) is 5.13. The summed E-state index contributed by atoms with van der Waals surface area (Å²) >= 11 is 0. The van der Waals surface area contributed by atoms with E-state index < -0.39 is 21.9 Å². The van der Waals surface area contributed by atoms with Crippen molar-refractivity contribution in [2.45, 2.75) is 20.4 Å². The number of esters is 1. The van der Waals surface area contributed by atoms with Crippen LogP contribution in [-0.4, -0.2) is 44.2 Å². The van der Waals surface area contributed by atoms with Crippen molar-refractivity contribution in [3.8, 4) is 0 Å². The Kier molecular flexibility index (Phi) is 7.65. The van der Waals surface area contributed by atoms with Gasteiger partial charge in [0.15, 0.2) is 0 Å². The number of aryl methyl sites for hydroxylation is 1. The van der Waals surface area contributed by atoms with E-state index in [0.29, 0.717) is 5.69 Å². The summed E-state index contributed by atoms with van der Waals surface area (Å²) < 4.78 is 31.5. The van der Waals surface area contributed by atoms with Crippen molar-refractivity contribution in [2.75, 3.05) is 18.9 Å². The highest BCUT2D eigenvalue weighted by Crippen LogP contribution is 2.09. The van der Waals surface area contributed by atoms with Crippen molar-refractivity contribution in [2.24, 2.45) is 0 Å². The van der Waals surface area contributed by atoms with Crippen molar-refractivity contribution in [1.29, 1.82) is 0 Å². The number of aromatic nitrogens is 1. The second kappa shape index (κ2) is 9.95. The Bertz CT molecular complexity index is 930. The van der Waals surface area contributed by atoms with Gasteiger partial charge in [-0.15, -0.1) is 0 Å². The molecule has 0 spiro atoms. The molecular weight excluding hydrogens is 382 g/mol. The highest BCUT2D eigenvalue weighted by atomic mass is 32.2. The predicted octanol–water partition coefficient (Wildman–Crippen LogP) is 1.42. The van der Waals surface area contributed by atoms with Crippen LogP contribution in [0.2, 0.25) is 0 Å². The number of nitrogens with zero attached hydrogens (tertiary/aromatic N) is 1. The topological polar surface area (TPSA) is 114 Å². The molecule has 150 valence electrons. The van der Waals surface area contributed by atoms with Crippen LogP contribution in [0, 0.1) is 6.92 Å². The molecule has 0 unspecified atom stereocenters. The molecular formula is C19H23N3O5S. The largest absolute Gasteiger partial charge is 0.462 e. The van der Waals surface area contributed by atoms with Gasteiger partial charge in [0.1, 0.15) is 5.69 Å². The summed E-state index contributed by atoms with van der Waals surface area (Å²) in [4.78, 5) is 28.0. The lowest BCUT2D eigenvalue weighted by molar-refractivity contribution is 0.0524. The van der Waals surface area contributed by atoms with Crippen molar-refractivity contribution < 1.29 is 22.7 Å². The summed E-state index contributed by atoms with van der Waals surface area (Å²) in [6.07, 6.45) is 0. The van der Waals surface area contributed by atoms with Gasteiger partial charge >= 0.3 is 5.97 Å². The van der Waals surface area contributed by atoms with Crippen molar-refractivity contribution in [3.63, 3.8) is 0 Å². The molecule has 28 heavy (non-hydrogen) atoms. The quantitative estimate of drug-likeness (QED) is 0.610. The monoisotopic (exact) mass is 405 g/mol. The number of sulfonamides is 1. The van der Waals surface area contributed by atoms with Gasteiger partial charge in [0.2, 0.25) is 10.0 Å². The van der Waals surface area contributed by atoms with Gasteiger partial charge in [0, 0.05) is 13.1 Å². The molecule has 0 aliphatic carbocycles. The molecule has 0 radical (unpaired) electrons. The lowest BCUT2D eigenvalue weighted by Crippen LogP contribution is -2.34. The third kappa shape index (κ3) is 6.43. The lowest BCUT2D eigenvalue weighted by atomic mass is 10.2.